The number of amidine groups is 1. The molecule has 26 heavy (non-hydrogen) atoms. The van der Waals surface area contributed by atoms with E-state index < -0.39 is 0 Å². The zero-order valence-electron chi connectivity index (χ0n) is 14.1. The Morgan fingerprint density at radius 1 is 1.15 bits per heavy atom. The van der Waals surface area contributed by atoms with Gasteiger partial charge >= 0.3 is 0 Å². The molecule has 0 aliphatic carbocycles. The van der Waals surface area contributed by atoms with E-state index in [1.807, 2.05) is 30.3 Å². The van der Waals surface area contributed by atoms with Crippen molar-refractivity contribution in [3.05, 3.63) is 84.2 Å². The molecule has 0 bridgehead atoms. The van der Waals surface area contributed by atoms with Crippen LogP contribution in [0.2, 0.25) is 0 Å². The number of thioether (sulfide) groups is 1. The number of carbonyl (C=O) groups excluding carboxylic acids is 1. The summed E-state index contributed by atoms with van der Waals surface area (Å²) < 4.78 is 13.1. The number of benzene rings is 2. The van der Waals surface area contributed by atoms with Gasteiger partial charge < -0.3 is 0 Å². The Kier molecular flexibility index (Phi) is 5.96. The van der Waals surface area contributed by atoms with Crippen molar-refractivity contribution in [1.29, 1.82) is 0 Å². The summed E-state index contributed by atoms with van der Waals surface area (Å²) in [5, 5.41) is 8.58. The summed E-state index contributed by atoms with van der Waals surface area (Å²) in [4.78, 5) is 14.2. The first-order chi connectivity index (χ1) is 12.7. The molecule has 0 radical (unpaired) electrons. The summed E-state index contributed by atoms with van der Waals surface area (Å²) in [6.45, 7) is 4.08. The van der Waals surface area contributed by atoms with Crippen molar-refractivity contribution in [2.24, 2.45) is 10.2 Å². The van der Waals surface area contributed by atoms with Crippen LogP contribution in [-0.2, 0) is 11.2 Å². The third kappa shape index (κ3) is 4.46. The summed E-state index contributed by atoms with van der Waals surface area (Å²) in [6, 6.07) is 15.8. The van der Waals surface area contributed by atoms with E-state index in [0.29, 0.717) is 18.1 Å². The second-order valence-corrected chi connectivity index (χ2v) is 6.88. The van der Waals surface area contributed by atoms with Crippen LogP contribution in [0.15, 0.2) is 77.5 Å². The van der Waals surface area contributed by atoms with Crippen molar-refractivity contribution in [3.63, 3.8) is 0 Å². The largest absolute Gasteiger partial charge is 0.285 e. The van der Waals surface area contributed by atoms with Crippen LogP contribution in [0.4, 0.5) is 4.39 Å². The molecule has 1 heterocycles. The van der Waals surface area contributed by atoms with Gasteiger partial charge in [0.15, 0.2) is 5.17 Å². The van der Waals surface area contributed by atoms with Crippen molar-refractivity contribution in [1.82, 2.24) is 4.90 Å². The summed E-state index contributed by atoms with van der Waals surface area (Å²) in [6.07, 6.45) is 3.82. The van der Waals surface area contributed by atoms with E-state index in [-0.39, 0.29) is 17.0 Å². The maximum Gasteiger partial charge on any atom is 0.242 e. The first kappa shape index (κ1) is 18.1. The molecule has 0 N–H and O–H groups in total. The second-order valence-electron chi connectivity index (χ2n) is 5.71. The number of hydrogen-bond acceptors (Lipinski definition) is 4. The highest BCUT2D eigenvalue weighted by Crippen LogP contribution is 2.30. The number of amides is 1. The van der Waals surface area contributed by atoms with Gasteiger partial charge in [-0.15, -0.1) is 11.7 Å². The molecule has 2 aromatic rings. The van der Waals surface area contributed by atoms with Crippen LogP contribution in [0.1, 0.15) is 11.1 Å². The van der Waals surface area contributed by atoms with E-state index in [1.165, 1.54) is 23.9 Å². The molecular formula is C20H18FN3OS. The van der Waals surface area contributed by atoms with Crippen molar-refractivity contribution in [2.45, 2.75) is 11.7 Å². The SMILES string of the molecule is C=CCN1C(=O)C(Cc2ccc(F)cc2)S/C1=N\N=C\c1ccccc1. The van der Waals surface area contributed by atoms with Gasteiger partial charge in [-0.2, -0.15) is 5.10 Å². The number of nitrogens with zero attached hydrogens (tertiary/aromatic N) is 3. The predicted octanol–water partition coefficient (Wildman–Crippen LogP) is 3.89. The van der Waals surface area contributed by atoms with Crippen molar-refractivity contribution in [2.75, 3.05) is 6.54 Å². The van der Waals surface area contributed by atoms with Crippen LogP contribution in [0.5, 0.6) is 0 Å². The molecule has 3 rings (SSSR count). The number of halogens is 1. The molecule has 1 aliphatic rings. The Balaban J connectivity index is 1.75. The minimum atomic E-state index is -0.300. The fraction of sp³-hybridized carbons (Fsp3) is 0.150. The lowest BCUT2D eigenvalue weighted by Gasteiger charge is -2.12. The molecule has 1 amide bonds. The highest BCUT2D eigenvalue weighted by Gasteiger charge is 2.37. The normalized spacial score (nSPS) is 18.8. The monoisotopic (exact) mass is 367 g/mol. The zero-order valence-corrected chi connectivity index (χ0v) is 14.9. The molecule has 1 fully saturated rings. The molecule has 4 nitrogen and oxygen atoms in total. The van der Waals surface area contributed by atoms with E-state index in [0.717, 1.165) is 11.1 Å². The van der Waals surface area contributed by atoms with Gasteiger partial charge in [-0.1, -0.05) is 60.3 Å². The number of rotatable bonds is 6. The van der Waals surface area contributed by atoms with Gasteiger partial charge in [0.25, 0.3) is 0 Å². The summed E-state index contributed by atoms with van der Waals surface area (Å²) in [5.41, 5.74) is 1.84. The van der Waals surface area contributed by atoms with Crippen LogP contribution < -0.4 is 0 Å². The molecule has 6 heteroatoms. The van der Waals surface area contributed by atoms with Gasteiger partial charge in [0.2, 0.25) is 5.91 Å². The van der Waals surface area contributed by atoms with Crippen LogP contribution in [0, 0.1) is 5.82 Å². The Morgan fingerprint density at radius 2 is 1.88 bits per heavy atom. The third-order valence-electron chi connectivity index (χ3n) is 3.82. The predicted molar refractivity (Wildman–Crippen MR) is 105 cm³/mol. The maximum absolute atomic E-state index is 13.1. The van der Waals surface area contributed by atoms with Crippen molar-refractivity contribution >= 4 is 29.1 Å². The van der Waals surface area contributed by atoms with Crippen molar-refractivity contribution in [3.8, 4) is 0 Å². The first-order valence-electron chi connectivity index (χ1n) is 8.17. The van der Waals surface area contributed by atoms with E-state index >= 15 is 0 Å². The molecule has 1 unspecified atom stereocenters. The fourth-order valence-electron chi connectivity index (χ4n) is 2.53. The Morgan fingerprint density at radius 3 is 2.58 bits per heavy atom. The molecule has 132 valence electrons. The number of carbonyl (C=O) groups is 1. The maximum atomic E-state index is 13.1. The minimum absolute atomic E-state index is 0.0344. The van der Waals surface area contributed by atoms with Gasteiger partial charge in [-0.3, -0.25) is 9.69 Å². The minimum Gasteiger partial charge on any atom is -0.285 e. The smallest absolute Gasteiger partial charge is 0.242 e. The van der Waals surface area contributed by atoms with E-state index in [9.17, 15) is 9.18 Å². The molecule has 1 atom stereocenters. The zero-order chi connectivity index (χ0) is 18.4. The van der Waals surface area contributed by atoms with Crippen LogP contribution in [-0.4, -0.2) is 34.0 Å². The quantitative estimate of drug-likeness (QED) is 0.442. The molecule has 1 saturated heterocycles. The topological polar surface area (TPSA) is 45.0 Å². The molecule has 1 aliphatic heterocycles. The van der Waals surface area contributed by atoms with Crippen LogP contribution in [0.25, 0.3) is 0 Å². The Labute approximate surface area is 156 Å². The lowest BCUT2D eigenvalue weighted by molar-refractivity contribution is -0.125. The molecule has 0 spiro atoms. The van der Waals surface area contributed by atoms with Crippen LogP contribution in [0.3, 0.4) is 0 Å². The molecule has 0 saturated carbocycles. The first-order valence-corrected chi connectivity index (χ1v) is 9.05. The Bertz CT molecular complexity index is 834. The van der Waals surface area contributed by atoms with Gasteiger partial charge in [0.1, 0.15) is 5.82 Å². The van der Waals surface area contributed by atoms with Gasteiger partial charge in [-0.05, 0) is 29.7 Å². The average Bonchev–Trinajstić information content (AvgIpc) is 2.94. The summed E-state index contributed by atoms with van der Waals surface area (Å²) in [5.74, 6) is -0.321. The molecule has 0 aromatic heterocycles. The lowest BCUT2D eigenvalue weighted by Crippen LogP contribution is -2.32. The molecule has 2 aromatic carbocycles. The van der Waals surface area contributed by atoms with E-state index in [1.54, 1.807) is 29.3 Å². The van der Waals surface area contributed by atoms with Gasteiger partial charge in [0, 0.05) is 6.54 Å². The second kappa shape index (κ2) is 8.58. The summed E-state index contributed by atoms with van der Waals surface area (Å²) in [7, 11) is 0. The third-order valence-corrected chi connectivity index (χ3v) is 4.98. The number of hydrogen-bond donors (Lipinski definition) is 0. The Hall–Kier alpha value is -2.73. The fourth-order valence-corrected chi connectivity index (χ4v) is 3.68. The van der Waals surface area contributed by atoms with Gasteiger partial charge in [0.05, 0.1) is 11.5 Å². The van der Waals surface area contributed by atoms with Gasteiger partial charge in [-0.25, -0.2) is 4.39 Å². The van der Waals surface area contributed by atoms with E-state index in [2.05, 4.69) is 16.8 Å². The van der Waals surface area contributed by atoms with Crippen LogP contribution >= 0.6 is 11.8 Å². The van der Waals surface area contributed by atoms with E-state index in [4.69, 9.17) is 0 Å². The lowest BCUT2D eigenvalue weighted by atomic mass is 10.1. The highest BCUT2D eigenvalue weighted by molar-refractivity contribution is 8.15. The van der Waals surface area contributed by atoms with Crippen molar-refractivity contribution < 1.29 is 9.18 Å². The highest BCUT2D eigenvalue weighted by atomic mass is 32.2. The summed E-state index contributed by atoms with van der Waals surface area (Å²) >= 11 is 1.37. The average molecular weight is 367 g/mol. The molecular weight excluding hydrogens is 349 g/mol. The standard InChI is InChI=1S/C20H18FN3OS/c1-2-12-24-19(25)18(13-15-8-10-17(21)11-9-15)26-20(24)23-22-14-16-6-4-3-5-7-16/h2-11,14,18H,1,12-13H2/b22-14+,23-20-.